The van der Waals surface area contributed by atoms with E-state index in [2.05, 4.69) is 15.4 Å². The fourth-order valence-electron chi connectivity index (χ4n) is 3.08. The van der Waals surface area contributed by atoms with E-state index in [0.717, 1.165) is 27.4 Å². The lowest BCUT2D eigenvalue weighted by molar-refractivity contribution is -0.384. The fourth-order valence-corrected chi connectivity index (χ4v) is 3.40. The number of nitrogens with zero attached hydrogens (tertiary/aromatic N) is 4. The molecule has 8 nitrogen and oxygen atoms in total. The minimum atomic E-state index is -0.641. The van der Waals surface area contributed by atoms with E-state index in [9.17, 15) is 14.9 Å². The zero-order chi connectivity index (χ0) is 23.5. The van der Waals surface area contributed by atoms with Gasteiger partial charge in [-0.1, -0.05) is 65.2 Å². The normalized spacial score (nSPS) is 10.8. The number of rotatable bonds is 6. The highest BCUT2D eigenvalue weighted by molar-refractivity contribution is 6.32. The standard InChI is InChI=1S/C23H17Cl2N5O3/c1-14-2-6-16(7-3-14)21-27-23(26-13-15-4-9-18(24)10-5-15)29(28-21)22(31)17-8-11-19(25)20(12-17)30(32)33/h2-12H,13H2,1H3,(H,26,27,28). The Balaban J connectivity index is 1.72. The predicted molar refractivity (Wildman–Crippen MR) is 127 cm³/mol. The molecular weight excluding hydrogens is 465 g/mol. The molecule has 0 radical (unpaired) electrons. The van der Waals surface area contributed by atoms with Crippen molar-refractivity contribution >= 4 is 40.7 Å². The zero-order valence-electron chi connectivity index (χ0n) is 17.3. The molecule has 4 rings (SSSR count). The molecule has 0 saturated heterocycles. The van der Waals surface area contributed by atoms with E-state index in [0.29, 0.717) is 17.4 Å². The quantitative estimate of drug-likeness (QED) is 0.277. The molecule has 166 valence electrons. The average Bonchev–Trinajstić information content (AvgIpc) is 3.23. The Kier molecular flexibility index (Phi) is 6.39. The molecule has 0 spiro atoms. The van der Waals surface area contributed by atoms with Gasteiger partial charge in [0.2, 0.25) is 5.95 Å². The molecule has 1 aromatic heterocycles. The molecule has 4 aromatic rings. The Labute approximate surface area is 198 Å². The van der Waals surface area contributed by atoms with Gasteiger partial charge in [-0.15, -0.1) is 5.10 Å². The van der Waals surface area contributed by atoms with Crippen LogP contribution in [0.4, 0.5) is 11.6 Å². The van der Waals surface area contributed by atoms with Crippen LogP contribution in [0.25, 0.3) is 11.4 Å². The van der Waals surface area contributed by atoms with E-state index in [-0.39, 0.29) is 22.2 Å². The van der Waals surface area contributed by atoms with Crippen molar-refractivity contribution in [1.82, 2.24) is 14.8 Å². The molecule has 0 unspecified atom stereocenters. The summed E-state index contributed by atoms with van der Waals surface area (Å²) in [6.07, 6.45) is 0. The number of benzene rings is 3. The maximum atomic E-state index is 13.2. The van der Waals surface area contributed by atoms with Gasteiger partial charge in [-0.2, -0.15) is 9.67 Å². The Morgan fingerprint density at radius 3 is 2.42 bits per heavy atom. The van der Waals surface area contributed by atoms with Gasteiger partial charge in [0.1, 0.15) is 5.02 Å². The lowest BCUT2D eigenvalue weighted by Gasteiger charge is -2.08. The molecule has 0 aliphatic carbocycles. The summed E-state index contributed by atoms with van der Waals surface area (Å²) in [5, 5.41) is 19.3. The molecule has 0 saturated carbocycles. The highest BCUT2D eigenvalue weighted by Crippen LogP contribution is 2.26. The molecule has 0 aliphatic heterocycles. The summed E-state index contributed by atoms with van der Waals surface area (Å²) in [6, 6.07) is 18.6. The van der Waals surface area contributed by atoms with Crippen molar-refractivity contribution < 1.29 is 9.72 Å². The third-order valence-corrected chi connectivity index (χ3v) is 5.43. The molecule has 0 bridgehead atoms. The number of hydrogen-bond acceptors (Lipinski definition) is 6. The van der Waals surface area contributed by atoms with Gasteiger partial charge in [0.15, 0.2) is 5.82 Å². The number of nitro groups is 1. The maximum Gasteiger partial charge on any atom is 0.288 e. The number of anilines is 1. The molecule has 0 amide bonds. The van der Waals surface area contributed by atoms with E-state index in [1.165, 1.54) is 12.1 Å². The van der Waals surface area contributed by atoms with Gasteiger partial charge in [-0.3, -0.25) is 14.9 Å². The lowest BCUT2D eigenvalue weighted by Crippen LogP contribution is -2.17. The molecule has 33 heavy (non-hydrogen) atoms. The third-order valence-electron chi connectivity index (χ3n) is 4.86. The third kappa shape index (κ3) is 5.02. The first-order valence-electron chi connectivity index (χ1n) is 9.83. The van der Waals surface area contributed by atoms with Crippen LogP contribution in [0.3, 0.4) is 0 Å². The first-order valence-corrected chi connectivity index (χ1v) is 10.6. The van der Waals surface area contributed by atoms with Gasteiger partial charge in [0.05, 0.1) is 4.92 Å². The van der Waals surface area contributed by atoms with Crippen molar-refractivity contribution in [2.24, 2.45) is 0 Å². The van der Waals surface area contributed by atoms with Gasteiger partial charge < -0.3 is 5.32 Å². The van der Waals surface area contributed by atoms with Gasteiger partial charge in [0, 0.05) is 28.8 Å². The van der Waals surface area contributed by atoms with Crippen molar-refractivity contribution in [3.05, 3.63) is 104 Å². The second kappa shape index (κ2) is 9.40. The topological polar surface area (TPSA) is 103 Å². The van der Waals surface area contributed by atoms with E-state index in [1.54, 1.807) is 12.1 Å². The summed E-state index contributed by atoms with van der Waals surface area (Å²) < 4.78 is 1.10. The first-order chi connectivity index (χ1) is 15.8. The summed E-state index contributed by atoms with van der Waals surface area (Å²) in [4.78, 5) is 28.4. The van der Waals surface area contributed by atoms with Crippen LogP contribution in [0.2, 0.25) is 10.0 Å². The van der Waals surface area contributed by atoms with Crippen LogP contribution < -0.4 is 5.32 Å². The van der Waals surface area contributed by atoms with E-state index in [1.807, 2.05) is 43.3 Å². The largest absolute Gasteiger partial charge is 0.350 e. The summed E-state index contributed by atoms with van der Waals surface area (Å²) in [6.45, 7) is 2.32. The Bertz CT molecular complexity index is 1340. The van der Waals surface area contributed by atoms with Crippen LogP contribution in [-0.2, 0) is 6.54 Å². The van der Waals surface area contributed by atoms with Crippen molar-refractivity contribution in [1.29, 1.82) is 0 Å². The second-order valence-corrected chi connectivity index (χ2v) is 8.09. The number of carbonyl (C=O) groups excluding carboxylic acids is 1. The Morgan fingerprint density at radius 1 is 1.06 bits per heavy atom. The van der Waals surface area contributed by atoms with Crippen LogP contribution in [0.15, 0.2) is 66.7 Å². The van der Waals surface area contributed by atoms with Crippen molar-refractivity contribution in [2.45, 2.75) is 13.5 Å². The van der Waals surface area contributed by atoms with Crippen LogP contribution in [0.5, 0.6) is 0 Å². The molecule has 3 aromatic carbocycles. The second-order valence-electron chi connectivity index (χ2n) is 7.25. The maximum absolute atomic E-state index is 13.2. The first kappa shape index (κ1) is 22.4. The van der Waals surface area contributed by atoms with E-state index < -0.39 is 10.8 Å². The van der Waals surface area contributed by atoms with Crippen molar-refractivity contribution in [2.75, 3.05) is 5.32 Å². The zero-order valence-corrected chi connectivity index (χ0v) is 18.8. The minimum absolute atomic E-state index is 0.0565. The smallest absolute Gasteiger partial charge is 0.288 e. The van der Waals surface area contributed by atoms with Crippen molar-refractivity contribution in [3.8, 4) is 11.4 Å². The highest BCUT2D eigenvalue weighted by Gasteiger charge is 2.22. The van der Waals surface area contributed by atoms with Gasteiger partial charge in [-0.05, 0) is 36.8 Å². The van der Waals surface area contributed by atoms with E-state index >= 15 is 0 Å². The lowest BCUT2D eigenvalue weighted by atomic mass is 10.1. The van der Waals surface area contributed by atoms with Gasteiger partial charge in [0.25, 0.3) is 11.6 Å². The Hall–Kier alpha value is -3.75. The molecule has 1 N–H and O–H groups in total. The SMILES string of the molecule is Cc1ccc(-c2nc(NCc3ccc(Cl)cc3)n(C(=O)c3ccc(Cl)c([N+](=O)[O-])c3)n2)cc1. The number of nitrogens with one attached hydrogen (secondary N) is 1. The summed E-state index contributed by atoms with van der Waals surface area (Å²) in [5.41, 5.74) is 2.41. The average molecular weight is 482 g/mol. The molecule has 10 heteroatoms. The summed E-state index contributed by atoms with van der Waals surface area (Å²) in [7, 11) is 0. The number of carbonyl (C=O) groups is 1. The number of aryl methyl sites for hydroxylation is 1. The molecular formula is C23H17Cl2N5O3. The Morgan fingerprint density at radius 2 is 1.76 bits per heavy atom. The van der Waals surface area contributed by atoms with Crippen LogP contribution in [0.1, 0.15) is 21.5 Å². The number of nitro benzene ring substituents is 1. The van der Waals surface area contributed by atoms with Crippen LogP contribution in [-0.4, -0.2) is 25.6 Å². The number of halogens is 2. The van der Waals surface area contributed by atoms with Gasteiger partial charge in [-0.25, -0.2) is 0 Å². The monoisotopic (exact) mass is 481 g/mol. The molecule has 0 atom stereocenters. The molecule has 0 aliphatic rings. The highest BCUT2D eigenvalue weighted by atomic mass is 35.5. The predicted octanol–water partition coefficient (Wildman–Crippen LogP) is 5.77. The fraction of sp³-hybridized carbons (Fsp3) is 0.0870. The summed E-state index contributed by atoms with van der Waals surface area (Å²) in [5.74, 6) is -0.0484. The molecule has 0 fully saturated rings. The van der Waals surface area contributed by atoms with E-state index in [4.69, 9.17) is 23.2 Å². The van der Waals surface area contributed by atoms with Gasteiger partial charge >= 0.3 is 0 Å². The number of hydrogen-bond donors (Lipinski definition) is 1. The van der Waals surface area contributed by atoms with Crippen LogP contribution in [0, 0.1) is 17.0 Å². The van der Waals surface area contributed by atoms with Crippen molar-refractivity contribution in [3.63, 3.8) is 0 Å². The minimum Gasteiger partial charge on any atom is -0.350 e. The summed E-state index contributed by atoms with van der Waals surface area (Å²) >= 11 is 11.8. The van der Waals surface area contributed by atoms with Crippen LogP contribution >= 0.6 is 23.2 Å². The molecule has 1 heterocycles. The number of aromatic nitrogens is 3.